The summed E-state index contributed by atoms with van der Waals surface area (Å²) >= 11 is 2.13. The first-order valence-electron chi connectivity index (χ1n) is 4.67. The molecule has 0 atom stereocenters. The summed E-state index contributed by atoms with van der Waals surface area (Å²) in [4.78, 5) is 7.97. The number of halogens is 1. The van der Waals surface area contributed by atoms with Gasteiger partial charge in [-0.15, -0.1) is 0 Å². The zero-order valence-corrected chi connectivity index (χ0v) is 10.8. The third-order valence-corrected chi connectivity index (χ3v) is 2.91. The van der Waals surface area contributed by atoms with Crippen LogP contribution in [0.3, 0.4) is 0 Å². The SMILES string of the molecule is Cc1c(N)cccc1Oc1ncncc1I. The fourth-order valence-electron chi connectivity index (χ4n) is 1.22. The van der Waals surface area contributed by atoms with E-state index in [0.29, 0.717) is 11.6 Å². The topological polar surface area (TPSA) is 61.0 Å². The van der Waals surface area contributed by atoms with Crippen LogP contribution in [0.5, 0.6) is 11.6 Å². The fourth-order valence-corrected chi connectivity index (χ4v) is 1.63. The van der Waals surface area contributed by atoms with Gasteiger partial charge in [0.2, 0.25) is 5.88 Å². The molecule has 0 radical (unpaired) electrons. The number of nitrogens with zero attached hydrogens (tertiary/aromatic N) is 2. The van der Waals surface area contributed by atoms with E-state index < -0.39 is 0 Å². The molecule has 1 aromatic heterocycles. The summed E-state index contributed by atoms with van der Waals surface area (Å²) in [6, 6.07) is 5.56. The van der Waals surface area contributed by atoms with Gasteiger partial charge < -0.3 is 10.5 Å². The Hall–Kier alpha value is -1.37. The van der Waals surface area contributed by atoms with Gasteiger partial charge in [0, 0.05) is 17.4 Å². The molecule has 5 heteroatoms. The molecule has 0 saturated carbocycles. The lowest BCUT2D eigenvalue weighted by Crippen LogP contribution is -1.96. The maximum Gasteiger partial charge on any atom is 0.235 e. The van der Waals surface area contributed by atoms with Crippen LogP contribution in [0, 0.1) is 10.5 Å². The van der Waals surface area contributed by atoms with Gasteiger partial charge >= 0.3 is 0 Å². The Balaban J connectivity index is 2.35. The van der Waals surface area contributed by atoms with Crippen molar-refractivity contribution in [2.75, 3.05) is 5.73 Å². The average molecular weight is 327 g/mol. The maximum absolute atomic E-state index is 5.80. The van der Waals surface area contributed by atoms with Gasteiger partial charge in [-0.2, -0.15) is 0 Å². The highest BCUT2D eigenvalue weighted by Crippen LogP contribution is 2.28. The Morgan fingerprint density at radius 1 is 1.38 bits per heavy atom. The second kappa shape index (κ2) is 4.65. The Morgan fingerprint density at radius 3 is 2.94 bits per heavy atom. The van der Waals surface area contributed by atoms with Crippen molar-refractivity contribution in [2.45, 2.75) is 6.92 Å². The van der Waals surface area contributed by atoms with Crippen LogP contribution in [0.1, 0.15) is 5.56 Å². The molecule has 1 heterocycles. The lowest BCUT2D eigenvalue weighted by atomic mass is 10.2. The molecule has 0 spiro atoms. The summed E-state index contributed by atoms with van der Waals surface area (Å²) in [5.74, 6) is 1.26. The van der Waals surface area contributed by atoms with Gasteiger partial charge in [-0.25, -0.2) is 9.97 Å². The van der Waals surface area contributed by atoms with Gasteiger partial charge in [0.05, 0.1) is 3.57 Å². The standard InChI is InChI=1S/C11H10IN3O/c1-7-9(13)3-2-4-10(7)16-11-8(12)5-14-6-15-11/h2-6H,13H2,1H3. The number of nitrogen functional groups attached to an aromatic ring is 1. The lowest BCUT2D eigenvalue weighted by molar-refractivity contribution is 0.454. The van der Waals surface area contributed by atoms with E-state index in [0.717, 1.165) is 14.9 Å². The smallest absolute Gasteiger partial charge is 0.235 e. The van der Waals surface area contributed by atoms with Crippen LogP contribution in [-0.2, 0) is 0 Å². The maximum atomic E-state index is 5.80. The number of aromatic nitrogens is 2. The first-order valence-corrected chi connectivity index (χ1v) is 5.75. The number of benzene rings is 1. The van der Waals surface area contributed by atoms with Crippen molar-refractivity contribution in [3.05, 3.63) is 39.9 Å². The third-order valence-electron chi connectivity index (χ3n) is 2.17. The Bertz CT molecular complexity index is 516. The minimum Gasteiger partial charge on any atom is -0.437 e. The van der Waals surface area contributed by atoms with Crippen LogP contribution in [0.25, 0.3) is 0 Å². The molecule has 4 nitrogen and oxygen atoms in total. The van der Waals surface area contributed by atoms with Crippen molar-refractivity contribution >= 4 is 28.3 Å². The minimum atomic E-state index is 0.546. The molecular formula is C11H10IN3O. The number of nitrogens with two attached hydrogens (primary N) is 1. The monoisotopic (exact) mass is 327 g/mol. The zero-order chi connectivity index (χ0) is 11.5. The molecule has 0 amide bonds. The Morgan fingerprint density at radius 2 is 2.19 bits per heavy atom. The van der Waals surface area contributed by atoms with Crippen molar-refractivity contribution in [1.29, 1.82) is 0 Å². The second-order valence-corrected chi connectivity index (χ2v) is 4.41. The van der Waals surface area contributed by atoms with E-state index in [9.17, 15) is 0 Å². The molecule has 0 fully saturated rings. The van der Waals surface area contributed by atoms with Crippen molar-refractivity contribution in [3.8, 4) is 11.6 Å². The van der Waals surface area contributed by atoms with E-state index >= 15 is 0 Å². The number of rotatable bonds is 2. The second-order valence-electron chi connectivity index (χ2n) is 3.25. The van der Waals surface area contributed by atoms with Crippen LogP contribution in [0.2, 0.25) is 0 Å². The van der Waals surface area contributed by atoms with Gasteiger partial charge in [-0.05, 0) is 41.6 Å². The summed E-state index contributed by atoms with van der Waals surface area (Å²) in [6.45, 7) is 1.92. The molecule has 0 saturated heterocycles. The summed E-state index contributed by atoms with van der Waals surface area (Å²) in [5.41, 5.74) is 7.42. The molecule has 2 N–H and O–H groups in total. The quantitative estimate of drug-likeness (QED) is 0.681. The average Bonchev–Trinajstić information content (AvgIpc) is 2.28. The van der Waals surface area contributed by atoms with Crippen LogP contribution in [0.4, 0.5) is 5.69 Å². The summed E-state index contributed by atoms with van der Waals surface area (Å²) in [5, 5.41) is 0. The van der Waals surface area contributed by atoms with Gasteiger partial charge in [-0.3, -0.25) is 0 Å². The van der Waals surface area contributed by atoms with E-state index in [4.69, 9.17) is 10.5 Å². The molecule has 1 aromatic carbocycles. The van der Waals surface area contributed by atoms with Gasteiger partial charge in [0.1, 0.15) is 12.1 Å². The van der Waals surface area contributed by atoms with Gasteiger partial charge in [0.15, 0.2) is 0 Å². The van der Waals surface area contributed by atoms with E-state index in [2.05, 4.69) is 32.6 Å². The number of anilines is 1. The van der Waals surface area contributed by atoms with Crippen LogP contribution < -0.4 is 10.5 Å². The van der Waals surface area contributed by atoms with Crippen LogP contribution in [0.15, 0.2) is 30.7 Å². The molecule has 0 aliphatic carbocycles. The van der Waals surface area contributed by atoms with E-state index in [1.165, 1.54) is 6.33 Å². The van der Waals surface area contributed by atoms with Gasteiger partial charge in [0.25, 0.3) is 0 Å². The largest absolute Gasteiger partial charge is 0.437 e. The molecule has 2 aromatic rings. The molecule has 16 heavy (non-hydrogen) atoms. The summed E-state index contributed by atoms with van der Waals surface area (Å²) in [7, 11) is 0. The molecule has 0 bridgehead atoms. The van der Waals surface area contributed by atoms with Crippen molar-refractivity contribution in [1.82, 2.24) is 9.97 Å². The van der Waals surface area contributed by atoms with E-state index in [1.807, 2.05) is 25.1 Å². The fraction of sp³-hybridized carbons (Fsp3) is 0.0909. The lowest BCUT2D eigenvalue weighted by Gasteiger charge is -2.09. The van der Waals surface area contributed by atoms with Gasteiger partial charge in [-0.1, -0.05) is 6.07 Å². The van der Waals surface area contributed by atoms with E-state index in [-0.39, 0.29) is 0 Å². The molecule has 0 unspecified atom stereocenters. The molecule has 82 valence electrons. The van der Waals surface area contributed by atoms with Crippen molar-refractivity contribution in [3.63, 3.8) is 0 Å². The minimum absolute atomic E-state index is 0.546. The predicted octanol–water partition coefficient (Wildman–Crippen LogP) is 2.76. The highest BCUT2D eigenvalue weighted by atomic mass is 127. The molecule has 0 aliphatic heterocycles. The number of hydrogen-bond acceptors (Lipinski definition) is 4. The predicted molar refractivity (Wildman–Crippen MR) is 70.4 cm³/mol. The first-order chi connectivity index (χ1) is 7.68. The van der Waals surface area contributed by atoms with Crippen molar-refractivity contribution < 1.29 is 4.74 Å². The van der Waals surface area contributed by atoms with Crippen LogP contribution in [-0.4, -0.2) is 9.97 Å². The normalized spacial score (nSPS) is 10.1. The zero-order valence-electron chi connectivity index (χ0n) is 8.64. The summed E-state index contributed by atoms with van der Waals surface area (Å²) < 4.78 is 6.55. The number of hydrogen-bond donors (Lipinski definition) is 1. The highest BCUT2D eigenvalue weighted by Gasteiger charge is 2.07. The Labute approximate surface area is 107 Å². The van der Waals surface area contributed by atoms with E-state index in [1.54, 1.807) is 6.20 Å². The summed E-state index contributed by atoms with van der Waals surface area (Å²) in [6.07, 6.45) is 3.16. The molecule has 0 aliphatic rings. The molecular weight excluding hydrogens is 317 g/mol. The highest BCUT2D eigenvalue weighted by molar-refractivity contribution is 14.1. The van der Waals surface area contributed by atoms with Crippen LogP contribution >= 0.6 is 22.6 Å². The first kappa shape index (κ1) is 11.1. The number of ether oxygens (including phenoxy) is 1. The third kappa shape index (κ3) is 2.24. The Kier molecular flexibility index (Phi) is 3.23. The molecule has 2 rings (SSSR count). The van der Waals surface area contributed by atoms with Crippen molar-refractivity contribution in [2.24, 2.45) is 0 Å².